The van der Waals surface area contributed by atoms with E-state index in [1.54, 1.807) is 0 Å². The Morgan fingerprint density at radius 3 is 2.47 bits per heavy atom. The largest absolute Gasteiger partial charge is 0.376 e. The van der Waals surface area contributed by atoms with Gasteiger partial charge >= 0.3 is 0 Å². The van der Waals surface area contributed by atoms with Crippen molar-refractivity contribution in [2.45, 2.75) is 26.9 Å². The molecule has 1 aliphatic heterocycles. The fraction of sp³-hybridized carbons (Fsp3) is 0.560. The number of carbonyl (C=O) groups excluding carboxylic acids is 2. The summed E-state index contributed by atoms with van der Waals surface area (Å²) >= 11 is 0. The monoisotopic (exact) mass is 438 g/mol. The van der Waals surface area contributed by atoms with Crippen molar-refractivity contribution in [2.75, 3.05) is 32.8 Å². The predicted molar refractivity (Wildman–Crippen MR) is 124 cm³/mol. The van der Waals surface area contributed by atoms with Crippen LogP contribution in [0.5, 0.6) is 0 Å². The van der Waals surface area contributed by atoms with E-state index in [1.807, 2.05) is 25.1 Å². The number of guanidine groups is 1. The van der Waals surface area contributed by atoms with Crippen LogP contribution in [0.25, 0.3) is 0 Å². The number of rotatable bonds is 10. The molecule has 2 bridgehead atoms. The summed E-state index contributed by atoms with van der Waals surface area (Å²) in [7, 11) is 0. The highest BCUT2D eigenvalue weighted by atomic mass is 16.5. The Labute approximate surface area is 190 Å². The molecule has 1 aromatic carbocycles. The minimum atomic E-state index is -0.129. The molecule has 1 heterocycles. The van der Waals surface area contributed by atoms with Gasteiger partial charge in [-0.2, -0.15) is 0 Å². The summed E-state index contributed by atoms with van der Waals surface area (Å²) in [5.74, 6) is 1.23. The van der Waals surface area contributed by atoms with Gasteiger partial charge in [-0.15, -0.1) is 0 Å². The SMILES string of the molecule is CCNC(=NCC(C)COCc1ccccc1)NCCN1C(=O)C2C3C=CC(C3)C2C1=O. The van der Waals surface area contributed by atoms with Crippen LogP contribution in [0.1, 0.15) is 25.8 Å². The van der Waals surface area contributed by atoms with Crippen LogP contribution in [0.3, 0.4) is 0 Å². The van der Waals surface area contributed by atoms with Gasteiger partial charge in [-0.3, -0.25) is 19.5 Å². The van der Waals surface area contributed by atoms with Crippen LogP contribution >= 0.6 is 0 Å². The van der Waals surface area contributed by atoms with Crippen molar-refractivity contribution in [1.82, 2.24) is 15.5 Å². The first-order chi connectivity index (χ1) is 15.6. The highest BCUT2D eigenvalue weighted by Gasteiger charge is 2.58. The van der Waals surface area contributed by atoms with Gasteiger partial charge < -0.3 is 15.4 Å². The first-order valence-electron chi connectivity index (χ1n) is 11.8. The number of allylic oxidation sites excluding steroid dienone is 2. The van der Waals surface area contributed by atoms with Crippen molar-refractivity contribution in [3.8, 4) is 0 Å². The third kappa shape index (κ3) is 4.88. The van der Waals surface area contributed by atoms with Gasteiger partial charge in [0.2, 0.25) is 11.8 Å². The van der Waals surface area contributed by atoms with Gasteiger partial charge in [0.15, 0.2) is 5.96 Å². The number of fused-ring (bicyclic) bond motifs is 5. The van der Waals surface area contributed by atoms with Crippen molar-refractivity contribution in [1.29, 1.82) is 0 Å². The van der Waals surface area contributed by atoms with E-state index in [9.17, 15) is 9.59 Å². The minimum Gasteiger partial charge on any atom is -0.376 e. The highest BCUT2D eigenvalue weighted by molar-refractivity contribution is 6.06. The number of benzene rings is 1. The lowest BCUT2D eigenvalue weighted by atomic mass is 9.85. The van der Waals surface area contributed by atoms with Crippen LogP contribution in [0.15, 0.2) is 47.5 Å². The zero-order valence-electron chi connectivity index (χ0n) is 19.0. The number of aliphatic imine (C=N–C) groups is 1. The molecule has 0 radical (unpaired) electrons. The second-order valence-corrected chi connectivity index (χ2v) is 9.08. The van der Waals surface area contributed by atoms with Gasteiger partial charge in [0, 0.05) is 26.2 Å². The van der Waals surface area contributed by atoms with E-state index in [4.69, 9.17) is 4.74 Å². The summed E-state index contributed by atoms with van der Waals surface area (Å²) < 4.78 is 5.81. The lowest BCUT2D eigenvalue weighted by Gasteiger charge is -2.19. The Morgan fingerprint density at radius 1 is 1.12 bits per heavy atom. The topological polar surface area (TPSA) is 83.0 Å². The summed E-state index contributed by atoms with van der Waals surface area (Å²) in [6, 6.07) is 10.1. The smallest absolute Gasteiger partial charge is 0.233 e. The van der Waals surface area contributed by atoms with E-state index in [0.717, 1.165) is 18.5 Å². The molecule has 2 amide bonds. The molecule has 2 aliphatic carbocycles. The number of imide groups is 1. The molecule has 1 saturated heterocycles. The van der Waals surface area contributed by atoms with E-state index >= 15 is 0 Å². The van der Waals surface area contributed by atoms with E-state index < -0.39 is 0 Å². The average molecular weight is 439 g/mol. The number of amides is 2. The normalized spacial score (nSPS) is 27.2. The zero-order chi connectivity index (χ0) is 22.5. The first kappa shape index (κ1) is 22.5. The fourth-order valence-electron chi connectivity index (χ4n) is 5.06. The van der Waals surface area contributed by atoms with E-state index in [2.05, 4.69) is 46.8 Å². The molecule has 5 atom stereocenters. The summed E-state index contributed by atoms with van der Waals surface area (Å²) in [4.78, 5) is 31.7. The number of hydrogen-bond donors (Lipinski definition) is 2. The molecule has 2 N–H and O–H groups in total. The first-order valence-corrected chi connectivity index (χ1v) is 11.8. The Hall–Kier alpha value is -2.67. The van der Waals surface area contributed by atoms with Crippen molar-refractivity contribution >= 4 is 17.8 Å². The molecule has 7 nitrogen and oxygen atoms in total. The zero-order valence-corrected chi connectivity index (χ0v) is 19.0. The predicted octanol–water partition coefficient (Wildman–Crippen LogP) is 2.20. The van der Waals surface area contributed by atoms with E-state index in [1.165, 1.54) is 4.90 Å². The second kappa shape index (κ2) is 10.3. The van der Waals surface area contributed by atoms with Crippen LogP contribution in [-0.2, 0) is 20.9 Å². The third-order valence-corrected chi connectivity index (χ3v) is 6.61. The van der Waals surface area contributed by atoms with E-state index in [-0.39, 0.29) is 41.4 Å². The van der Waals surface area contributed by atoms with Gasteiger partial charge in [0.25, 0.3) is 0 Å². The molecular formula is C25H34N4O3. The summed E-state index contributed by atoms with van der Waals surface area (Å²) in [6.07, 6.45) is 5.21. The molecule has 5 unspecified atom stereocenters. The van der Waals surface area contributed by atoms with Crippen molar-refractivity contribution in [2.24, 2.45) is 34.6 Å². The molecular weight excluding hydrogens is 404 g/mol. The van der Waals surface area contributed by atoms with Crippen LogP contribution < -0.4 is 10.6 Å². The van der Waals surface area contributed by atoms with Gasteiger partial charge in [0.1, 0.15) is 0 Å². The van der Waals surface area contributed by atoms with Crippen LogP contribution in [0, 0.1) is 29.6 Å². The quantitative estimate of drug-likeness (QED) is 0.253. The summed E-state index contributed by atoms with van der Waals surface area (Å²) in [5.41, 5.74) is 1.16. The molecule has 0 aromatic heterocycles. The molecule has 1 aromatic rings. The third-order valence-electron chi connectivity index (χ3n) is 6.61. The van der Waals surface area contributed by atoms with Gasteiger partial charge in [-0.25, -0.2) is 0 Å². The van der Waals surface area contributed by atoms with Gasteiger partial charge in [-0.05, 0) is 36.7 Å². The maximum Gasteiger partial charge on any atom is 0.233 e. The van der Waals surface area contributed by atoms with Crippen LogP contribution in [0.2, 0.25) is 0 Å². The lowest BCUT2D eigenvalue weighted by molar-refractivity contribution is -0.140. The molecule has 0 spiro atoms. The van der Waals surface area contributed by atoms with E-state index in [0.29, 0.717) is 38.8 Å². The van der Waals surface area contributed by atoms with Crippen molar-refractivity contribution < 1.29 is 14.3 Å². The molecule has 1 saturated carbocycles. The molecule has 7 heteroatoms. The minimum absolute atomic E-state index is 0.00442. The van der Waals surface area contributed by atoms with Crippen LogP contribution in [0.4, 0.5) is 0 Å². The maximum atomic E-state index is 12.8. The molecule has 4 rings (SSSR count). The summed E-state index contributed by atoms with van der Waals surface area (Å²) in [5, 5.41) is 6.50. The molecule has 3 aliphatic rings. The second-order valence-electron chi connectivity index (χ2n) is 9.08. The number of nitrogens with zero attached hydrogens (tertiary/aromatic N) is 2. The average Bonchev–Trinajstić information content (AvgIpc) is 3.48. The Bertz CT molecular complexity index is 839. The standard InChI is InChI=1S/C25H34N4O3/c1-3-26-25(28-14-17(2)15-32-16-18-7-5-4-6-8-18)27-11-12-29-23(30)21-19-9-10-20(13-19)22(21)24(29)31/h4-10,17,19-22H,3,11-16H2,1-2H3,(H2,26,27,28). The van der Waals surface area contributed by atoms with Gasteiger partial charge in [-0.1, -0.05) is 49.4 Å². The molecule has 2 fully saturated rings. The Morgan fingerprint density at radius 2 is 1.81 bits per heavy atom. The lowest BCUT2D eigenvalue weighted by Crippen LogP contribution is -2.44. The van der Waals surface area contributed by atoms with Crippen molar-refractivity contribution in [3.63, 3.8) is 0 Å². The Balaban J connectivity index is 1.21. The molecule has 172 valence electrons. The number of carbonyl (C=O) groups is 2. The van der Waals surface area contributed by atoms with Gasteiger partial charge in [0.05, 0.1) is 25.0 Å². The number of likely N-dealkylation sites (tertiary alicyclic amines) is 1. The summed E-state index contributed by atoms with van der Waals surface area (Å²) in [6.45, 7) is 7.60. The maximum absolute atomic E-state index is 12.8. The van der Waals surface area contributed by atoms with Crippen molar-refractivity contribution in [3.05, 3.63) is 48.0 Å². The van der Waals surface area contributed by atoms with Crippen LogP contribution in [-0.4, -0.2) is 55.5 Å². The highest BCUT2D eigenvalue weighted by Crippen LogP contribution is 2.52. The number of ether oxygens (including phenoxy) is 1. The number of hydrogen-bond acceptors (Lipinski definition) is 4. The molecule has 32 heavy (non-hydrogen) atoms. The number of nitrogens with one attached hydrogen (secondary N) is 2. The fourth-order valence-corrected chi connectivity index (χ4v) is 5.06. The Kier molecular flexibility index (Phi) is 7.25.